The molecule has 1 aromatic carbocycles. The van der Waals surface area contributed by atoms with Crippen LogP contribution in [0.1, 0.15) is 29.2 Å². The van der Waals surface area contributed by atoms with Crippen molar-refractivity contribution in [2.45, 2.75) is 24.9 Å². The second-order valence-electron chi connectivity index (χ2n) is 5.10. The van der Waals surface area contributed by atoms with Gasteiger partial charge in [-0.3, -0.25) is 20.1 Å². The summed E-state index contributed by atoms with van der Waals surface area (Å²) in [6, 6.07) is 4.53. The van der Waals surface area contributed by atoms with Gasteiger partial charge in [0.05, 0.1) is 6.61 Å². The maximum absolute atomic E-state index is 11.0. The molecule has 1 aromatic rings. The van der Waals surface area contributed by atoms with Crippen LogP contribution in [-0.2, 0) is 16.0 Å². The van der Waals surface area contributed by atoms with Crippen LogP contribution in [0.25, 0.3) is 6.08 Å². The number of carboxylic acid groups (broad SMARTS) is 1. The largest absolute Gasteiger partial charge is 0.480 e. The smallest absolute Gasteiger partial charge is 0.323 e. The molecule has 0 radical (unpaired) electrons. The number of carbonyl (C=O) groups excluding carboxylic acids is 1. The Morgan fingerprint density at radius 2 is 2.18 bits per heavy atom. The van der Waals surface area contributed by atoms with E-state index in [0.29, 0.717) is 0 Å². The Morgan fingerprint density at radius 3 is 2.82 bits per heavy atom. The van der Waals surface area contributed by atoms with Crippen molar-refractivity contribution in [1.82, 2.24) is 10.8 Å². The van der Waals surface area contributed by atoms with E-state index in [1.165, 1.54) is 11.6 Å². The molecule has 0 saturated heterocycles. The molecule has 7 nitrogen and oxygen atoms in total. The van der Waals surface area contributed by atoms with Crippen LogP contribution < -0.4 is 10.8 Å². The van der Waals surface area contributed by atoms with Crippen molar-refractivity contribution in [3.8, 4) is 0 Å². The molecule has 0 aromatic heterocycles. The van der Waals surface area contributed by atoms with Gasteiger partial charge >= 0.3 is 5.97 Å². The van der Waals surface area contributed by atoms with E-state index in [1.807, 2.05) is 18.2 Å². The van der Waals surface area contributed by atoms with Gasteiger partial charge in [0, 0.05) is 12.1 Å². The summed E-state index contributed by atoms with van der Waals surface area (Å²) in [5, 5.41) is 29.4. The Hall–Kier alpha value is -2.22. The molecule has 1 unspecified atom stereocenters. The first kappa shape index (κ1) is 16.2. The van der Waals surface area contributed by atoms with Gasteiger partial charge in [-0.1, -0.05) is 18.2 Å². The van der Waals surface area contributed by atoms with Crippen molar-refractivity contribution < 1.29 is 25.0 Å². The topological polar surface area (TPSA) is 119 Å². The minimum atomic E-state index is -1.08. The molecule has 5 N–H and O–H groups in total. The third-order valence-corrected chi connectivity index (χ3v) is 3.67. The summed E-state index contributed by atoms with van der Waals surface area (Å²) in [6.07, 6.45) is 4.35. The minimum Gasteiger partial charge on any atom is -0.480 e. The average Bonchev–Trinajstić information content (AvgIpc) is 2.92. The quantitative estimate of drug-likeness (QED) is 0.291. The molecule has 0 spiro atoms. The van der Waals surface area contributed by atoms with E-state index >= 15 is 0 Å². The van der Waals surface area contributed by atoms with Crippen LogP contribution in [0.15, 0.2) is 24.3 Å². The van der Waals surface area contributed by atoms with Crippen LogP contribution in [-0.4, -0.2) is 39.9 Å². The van der Waals surface area contributed by atoms with Gasteiger partial charge in [-0.2, -0.15) is 0 Å². The first-order chi connectivity index (χ1) is 10.5. The fourth-order valence-electron chi connectivity index (χ4n) is 2.57. The van der Waals surface area contributed by atoms with Crippen LogP contribution in [0.5, 0.6) is 0 Å². The minimum absolute atomic E-state index is 0.109. The fourth-order valence-corrected chi connectivity index (χ4v) is 2.57. The van der Waals surface area contributed by atoms with Crippen molar-refractivity contribution in [3.63, 3.8) is 0 Å². The Balaban J connectivity index is 2.11. The average molecular weight is 306 g/mol. The summed E-state index contributed by atoms with van der Waals surface area (Å²) in [5.74, 6) is -1.68. The molecule has 2 rings (SSSR count). The molecule has 0 saturated carbocycles. The lowest BCUT2D eigenvalue weighted by atomic mass is 10.0. The lowest BCUT2D eigenvalue weighted by molar-refractivity contribution is -0.140. The Kier molecular flexibility index (Phi) is 5.26. The van der Waals surface area contributed by atoms with Crippen molar-refractivity contribution >= 4 is 18.0 Å². The van der Waals surface area contributed by atoms with Crippen LogP contribution in [0, 0.1) is 0 Å². The highest BCUT2D eigenvalue weighted by atomic mass is 16.5. The molecule has 22 heavy (non-hydrogen) atoms. The number of hydrogen-bond acceptors (Lipinski definition) is 5. The number of nitrogens with one attached hydrogen (secondary N) is 2. The van der Waals surface area contributed by atoms with Crippen molar-refractivity contribution in [2.24, 2.45) is 0 Å². The summed E-state index contributed by atoms with van der Waals surface area (Å²) in [6.45, 7) is -0.460. The van der Waals surface area contributed by atoms with Gasteiger partial charge < -0.3 is 10.2 Å². The lowest BCUT2D eigenvalue weighted by Gasteiger charge is -2.18. The van der Waals surface area contributed by atoms with Crippen molar-refractivity contribution in [2.75, 3.05) is 6.61 Å². The number of aliphatic hydroxyl groups is 1. The standard InChI is InChI=1S/C15H18N2O5/c18-8-13(15(20)21)16-12-5-3-10-7-9(1-4-11(10)12)2-6-14(19)17-22/h1-2,4,6-7,12-13,16,18,22H,3,5,8H2,(H,17,19)(H,20,21)/t12?,13-/m0/s1. The van der Waals surface area contributed by atoms with Gasteiger partial charge in [-0.15, -0.1) is 0 Å². The summed E-state index contributed by atoms with van der Waals surface area (Å²) in [5.41, 5.74) is 4.42. The Labute approximate surface area is 127 Å². The first-order valence-electron chi connectivity index (χ1n) is 6.90. The Morgan fingerprint density at radius 1 is 1.41 bits per heavy atom. The lowest BCUT2D eigenvalue weighted by Crippen LogP contribution is -2.41. The predicted molar refractivity (Wildman–Crippen MR) is 78.1 cm³/mol. The fraction of sp³-hybridized carbons (Fsp3) is 0.333. The number of rotatable bonds is 6. The normalized spacial score (nSPS) is 18.2. The van der Waals surface area contributed by atoms with Gasteiger partial charge in [0.15, 0.2) is 0 Å². The predicted octanol–water partition coefficient (Wildman–Crippen LogP) is 0.228. The van der Waals surface area contributed by atoms with E-state index in [1.54, 1.807) is 6.08 Å². The number of hydrogen-bond donors (Lipinski definition) is 5. The van der Waals surface area contributed by atoms with Crippen LogP contribution in [0.4, 0.5) is 0 Å². The van der Waals surface area contributed by atoms with Crippen LogP contribution >= 0.6 is 0 Å². The molecule has 118 valence electrons. The van der Waals surface area contributed by atoms with Crippen LogP contribution in [0.3, 0.4) is 0 Å². The molecule has 2 atom stereocenters. The summed E-state index contributed by atoms with van der Waals surface area (Å²) >= 11 is 0. The second-order valence-corrected chi connectivity index (χ2v) is 5.10. The van der Waals surface area contributed by atoms with Crippen LogP contribution in [0.2, 0.25) is 0 Å². The zero-order valence-electron chi connectivity index (χ0n) is 11.8. The number of amides is 1. The van der Waals surface area contributed by atoms with Gasteiger partial charge in [0.25, 0.3) is 5.91 Å². The highest BCUT2D eigenvalue weighted by molar-refractivity contribution is 5.90. The molecule has 7 heteroatoms. The molecule has 0 fully saturated rings. The summed E-state index contributed by atoms with van der Waals surface area (Å²) in [7, 11) is 0. The zero-order chi connectivity index (χ0) is 16.1. The first-order valence-corrected chi connectivity index (χ1v) is 6.90. The van der Waals surface area contributed by atoms with Gasteiger partial charge in [-0.25, -0.2) is 5.48 Å². The number of aliphatic hydroxyl groups excluding tert-OH is 1. The van der Waals surface area contributed by atoms with Crippen molar-refractivity contribution in [3.05, 3.63) is 41.0 Å². The number of benzene rings is 1. The van der Waals surface area contributed by atoms with E-state index in [9.17, 15) is 9.59 Å². The SMILES string of the molecule is O=C(C=Cc1ccc2c(c1)CCC2N[C@@H](CO)C(=O)O)NO. The number of aryl methyl sites for hydroxylation is 1. The van der Waals surface area contributed by atoms with Gasteiger partial charge in [0.1, 0.15) is 6.04 Å². The van der Waals surface area contributed by atoms with Crippen molar-refractivity contribution in [1.29, 1.82) is 0 Å². The number of hydroxylamine groups is 1. The number of carboxylic acids is 1. The van der Waals surface area contributed by atoms with Gasteiger partial charge in [-0.05, 0) is 35.6 Å². The highest BCUT2D eigenvalue weighted by Gasteiger charge is 2.27. The molecule has 0 aliphatic heterocycles. The van der Waals surface area contributed by atoms with E-state index in [4.69, 9.17) is 15.4 Å². The van der Waals surface area contributed by atoms with E-state index in [-0.39, 0.29) is 6.04 Å². The zero-order valence-corrected chi connectivity index (χ0v) is 11.8. The number of carbonyl (C=O) groups is 2. The molecule has 1 aliphatic carbocycles. The van der Waals surface area contributed by atoms with E-state index in [0.717, 1.165) is 29.5 Å². The van der Waals surface area contributed by atoms with Gasteiger partial charge in [0.2, 0.25) is 0 Å². The summed E-state index contributed by atoms with van der Waals surface area (Å²) < 4.78 is 0. The molecule has 0 bridgehead atoms. The molecule has 1 amide bonds. The second kappa shape index (κ2) is 7.17. The third-order valence-electron chi connectivity index (χ3n) is 3.67. The molecular formula is C15H18N2O5. The third kappa shape index (κ3) is 3.70. The Bertz CT molecular complexity index is 600. The van der Waals surface area contributed by atoms with E-state index in [2.05, 4.69) is 5.32 Å². The number of fused-ring (bicyclic) bond motifs is 1. The molecule has 0 heterocycles. The van der Waals surface area contributed by atoms with E-state index < -0.39 is 24.5 Å². The molecular weight excluding hydrogens is 288 g/mol. The maximum atomic E-state index is 11.0. The highest BCUT2D eigenvalue weighted by Crippen LogP contribution is 2.32. The maximum Gasteiger partial charge on any atom is 0.323 e. The molecule has 1 aliphatic rings. The summed E-state index contributed by atoms with van der Waals surface area (Å²) in [4.78, 5) is 21.9. The number of aliphatic carboxylic acids is 1. The monoisotopic (exact) mass is 306 g/mol.